The number of fused-ring (bicyclic) bond motifs is 5. The lowest BCUT2D eigenvalue weighted by atomic mass is 9.46. The van der Waals surface area contributed by atoms with Gasteiger partial charge in [0, 0.05) is 6.92 Å². The van der Waals surface area contributed by atoms with Gasteiger partial charge in [0.25, 0.3) is 0 Å². The largest absolute Gasteiger partial charge is 0.462 e. The molecule has 3 fully saturated rings. The van der Waals surface area contributed by atoms with E-state index in [1.165, 1.54) is 51.4 Å². The highest BCUT2D eigenvalue weighted by molar-refractivity contribution is 5.66. The topological polar surface area (TPSA) is 26.3 Å². The van der Waals surface area contributed by atoms with E-state index in [0.717, 1.165) is 30.1 Å². The van der Waals surface area contributed by atoms with E-state index < -0.39 is 0 Å². The van der Waals surface area contributed by atoms with Gasteiger partial charge in [0.2, 0.25) is 0 Å². The first-order valence-corrected chi connectivity index (χ1v) is 14.5. The molecular formula is C32H52O2. The Bertz CT molecular complexity index is 821. The van der Waals surface area contributed by atoms with Crippen LogP contribution in [-0.4, -0.2) is 12.1 Å². The van der Waals surface area contributed by atoms with Crippen molar-refractivity contribution in [3.63, 3.8) is 0 Å². The third-order valence-electron chi connectivity index (χ3n) is 11.6. The summed E-state index contributed by atoms with van der Waals surface area (Å²) in [5, 5.41) is 0. The van der Waals surface area contributed by atoms with Crippen LogP contribution in [0.3, 0.4) is 0 Å². The highest BCUT2D eigenvalue weighted by atomic mass is 16.5. The third kappa shape index (κ3) is 4.34. The average Bonchev–Trinajstić information content (AvgIpc) is 3.13. The molecule has 0 aromatic rings. The number of carbonyl (C=O) groups excluding carboxylic acids is 1. The van der Waals surface area contributed by atoms with Crippen LogP contribution in [0.2, 0.25) is 0 Å². The van der Waals surface area contributed by atoms with Crippen LogP contribution < -0.4 is 0 Å². The van der Waals surface area contributed by atoms with Crippen LogP contribution in [0.5, 0.6) is 0 Å². The number of allylic oxidation sites excluding steroid dienone is 4. The molecule has 0 radical (unpaired) electrons. The Balaban J connectivity index is 1.50. The highest BCUT2D eigenvalue weighted by Crippen LogP contribution is 2.67. The zero-order valence-corrected chi connectivity index (χ0v) is 23.5. The van der Waals surface area contributed by atoms with Gasteiger partial charge in [-0.1, -0.05) is 64.8 Å². The summed E-state index contributed by atoms with van der Waals surface area (Å²) in [7, 11) is 0. The first kappa shape index (κ1) is 26.0. The molecule has 3 saturated carbocycles. The SMILES string of the molecule is C/C=C(\CC[C@@H](C)[C@H]1CC[C@H]2C3=CC[C@H]4[C@H](C)[C@@H](OC(C)=O)CC[C@]4(C)[C@H]3CC[C@]12C)C(C)C. The van der Waals surface area contributed by atoms with Crippen molar-refractivity contribution in [1.29, 1.82) is 0 Å². The van der Waals surface area contributed by atoms with Gasteiger partial charge in [0.1, 0.15) is 6.10 Å². The molecule has 9 atom stereocenters. The van der Waals surface area contributed by atoms with Crippen LogP contribution in [0, 0.1) is 52.3 Å². The first-order valence-electron chi connectivity index (χ1n) is 14.5. The second kappa shape index (κ2) is 9.78. The zero-order valence-electron chi connectivity index (χ0n) is 23.5. The molecule has 4 aliphatic carbocycles. The Hall–Kier alpha value is -1.05. The Labute approximate surface area is 210 Å². The maximum absolute atomic E-state index is 11.7. The number of carbonyl (C=O) groups is 1. The standard InChI is InChI=1S/C32H52O2/c1-9-24(20(2)3)11-10-21(4)26-14-15-28-25-12-13-27-22(5)30(34-23(6)33)17-19-32(27,8)29(25)16-18-31(26,28)7/h9,12,20-22,26-30H,10-11,13-19H2,1-8H3/b24-9+/t21-,22+,26-,27+,28+,29+,30+,31-,32+/m1/s1. The predicted molar refractivity (Wildman–Crippen MR) is 142 cm³/mol. The van der Waals surface area contributed by atoms with E-state index in [9.17, 15) is 4.79 Å². The van der Waals surface area contributed by atoms with Gasteiger partial charge in [-0.15, -0.1) is 0 Å². The van der Waals surface area contributed by atoms with Crippen LogP contribution in [0.15, 0.2) is 23.3 Å². The number of hydrogen-bond donors (Lipinski definition) is 0. The molecule has 0 aromatic heterocycles. The van der Waals surface area contributed by atoms with Crippen molar-refractivity contribution in [3.05, 3.63) is 23.3 Å². The third-order valence-corrected chi connectivity index (χ3v) is 11.6. The fourth-order valence-electron chi connectivity index (χ4n) is 9.65. The monoisotopic (exact) mass is 468 g/mol. The Morgan fingerprint density at radius 1 is 1.09 bits per heavy atom. The fourth-order valence-corrected chi connectivity index (χ4v) is 9.65. The summed E-state index contributed by atoms with van der Waals surface area (Å²) in [6.45, 7) is 18.7. The van der Waals surface area contributed by atoms with Crippen molar-refractivity contribution < 1.29 is 9.53 Å². The molecule has 0 saturated heterocycles. The van der Waals surface area contributed by atoms with Gasteiger partial charge in [-0.05, 0) is 117 Å². The minimum Gasteiger partial charge on any atom is -0.462 e. The molecule has 2 nitrogen and oxygen atoms in total. The van der Waals surface area contributed by atoms with Crippen molar-refractivity contribution in [2.24, 2.45) is 52.3 Å². The zero-order chi connectivity index (χ0) is 24.8. The molecule has 0 aromatic carbocycles. The van der Waals surface area contributed by atoms with Gasteiger partial charge in [0.05, 0.1) is 0 Å². The van der Waals surface area contributed by atoms with E-state index in [1.807, 2.05) is 5.57 Å². The fraction of sp³-hybridized carbons (Fsp3) is 0.844. The predicted octanol–water partition coefficient (Wildman–Crippen LogP) is 8.76. The lowest BCUT2D eigenvalue weighted by molar-refractivity contribution is -0.158. The summed E-state index contributed by atoms with van der Waals surface area (Å²) in [6, 6.07) is 0. The van der Waals surface area contributed by atoms with Crippen LogP contribution in [0.4, 0.5) is 0 Å². The van der Waals surface area contributed by atoms with Gasteiger partial charge < -0.3 is 4.74 Å². The van der Waals surface area contributed by atoms with Crippen LogP contribution in [-0.2, 0) is 9.53 Å². The van der Waals surface area contributed by atoms with Crippen molar-refractivity contribution in [3.8, 4) is 0 Å². The molecule has 2 heteroatoms. The summed E-state index contributed by atoms with van der Waals surface area (Å²) >= 11 is 0. The quantitative estimate of drug-likeness (QED) is 0.288. The lowest BCUT2D eigenvalue weighted by Gasteiger charge is -2.59. The Kier molecular flexibility index (Phi) is 7.48. The lowest BCUT2D eigenvalue weighted by Crippen LogP contribution is -2.53. The number of ether oxygens (including phenoxy) is 1. The molecule has 0 amide bonds. The molecular weight excluding hydrogens is 416 g/mol. The second-order valence-corrected chi connectivity index (χ2v) is 13.5. The van der Waals surface area contributed by atoms with Gasteiger partial charge in [-0.3, -0.25) is 4.79 Å². The summed E-state index contributed by atoms with van der Waals surface area (Å²) in [5.74, 6) is 4.91. The molecule has 192 valence electrons. The minimum absolute atomic E-state index is 0.109. The molecule has 0 N–H and O–H groups in total. The normalized spacial score (nSPS) is 43.0. The van der Waals surface area contributed by atoms with Gasteiger partial charge in [-0.25, -0.2) is 0 Å². The number of hydrogen-bond acceptors (Lipinski definition) is 2. The van der Waals surface area contributed by atoms with Crippen molar-refractivity contribution in [1.82, 2.24) is 0 Å². The molecule has 0 heterocycles. The van der Waals surface area contributed by atoms with Crippen molar-refractivity contribution in [2.45, 2.75) is 119 Å². The Morgan fingerprint density at radius 2 is 1.76 bits per heavy atom. The smallest absolute Gasteiger partial charge is 0.302 e. The van der Waals surface area contributed by atoms with E-state index >= 15 is 0 Å². The molecule has 0 bridgehead atoms. The Morgan fingerprint density at radius 3 is 2.41 bits per heavy atom. The highest BCUT2D eigenvalue weighted by Gasteiger charge is 2.59. The summed E-state index contributed by atoms with van der Waals surface area (Å²) in [6.07, 6.45) is 16.8. The second-order valence-electron chi connectivity index (χ2n) is 13.5. The van der Waals surface area contributed by atoms with E-state index in [1.54, 1.807) is 12.5 Å². The van der Waals surface area contributed by atoms with E-state index in [-0.39, 0.29) is 12.1 Å². The molecule has 0 aliphatic heterocycles. The van der Waals surface area contributed by atoms with E-state index in [2.05, 4.69) is 60.6 Å². The maximum Gasteiger partial charge on any atom is 0.302 e. The molecule has 0 unspecified atom stereocenters. The van der Waals surface area contributed by atoms with Gasteiger partial charge in [-0.2, -0.15) is 0 Å². The minimum atomic E-state index is -0.109. The summed E-state index contributed by atoms with van der Waals surface area (Å²) in [5.41, 5.74) is 4.35. The molecule has 0 spiro atoms. The van der Waals surface area contributed by atoms with Crippen molar-refractivity contribution >= 4 is 5.97 Å². The molecule has 4 aliphatic rings. The van der Waals surface area contributed by atoms with Crippen LogP contribution in [0.25, 0.3) is 0 Å². The first-order chi connectivity index (χ1) is 16.0. The van der Waals surface area contributed by atoms with Crippen LogP contribution >= 0.6 is 0 Å². The molecule has 34 heavy (non-hydrogen) atoms. The summed E-state index contributed by atoms with van der Waals surface area (Å²) < 4.78 is 5.76. The van der Waals surface area contributed by atoms with E-state index in [4.69, 9.17) is 4.74 Å². The summed E-state index contributed by atoms with van der Waals surface area (Å²) in [4.78, 5) is 11.7. The van der Waals surface area contributed by atoms with Crippen LogP contribution in [0.1, 0.15) is 113 Å². The van der Waals surface area contributed by atoms with Gasteiger partial charge >= 0.3 is 5.97 Å². The van der Waals surface area contributed by atoms with Crippen molar-refractivity contribution in [2.75, 3.05) is 0 Å². The number of esters is 1. The van der Waals surface area contributed by atoms with Gasteiger partial charge in [0.15, 0.2) is 0 Å². The molecule has 4 rings (SSSR count). The number of rotatable bonds is 6. The average molecular weight is 469 g/mol. The maximum atomic E-state index is 11.7. The van der Waals surface area contributed by atoms with E-state index in [0.29, 0.717) is 28.6 Å².